The van der Waals surface area contributed by atoms with Gasteiger partial charge in [0.2, 0.25) is 5.95 Å². The molecule has 0 saturated heterocycles. The van der Waals surface area contributed by atoms with Crippen LogP contribution < -0.4 is 5.32 Å². The van der Waals surface area contributed by atoms with Crippen LogP contribution in [-0.2, 0) is 18.5 Å². The van der Waals surface area contributed by atoms with Crippen molar-refractivity contribution in [1.82, 2.24) is 14.8 Å². The molecule has 4 aromatic rings. The number of aromatic nitrogens is 3. The Kier molecular flexibility index (Phi) is 6.54. The summed E-state index contributed by atoms with van der Waals surface area (Å²) in [6.07, 6.45) is 5.04. The number of nitrogens with one attached hydrogen (secondary N) is 1. The molecule has 8 heteroatoms. The molecule has 33 heavy (non-hydrogen) atoms. The number of para-hydroxylation sites is 1. The molecule has 2 heterocycles. The lowest BCUT2D eigenvalue weighted by molar-refractivity contribution is 0.102. The number of pyridine rings is 1. The number of hydrogen-bond acceptors (Lipinski definition) is 5. The Labute approximate surface area is 190 Å². The molecule has 1 N–H and O–H groups in total. The second kappa shape index (κ2) is 9.86. The van der Waals surface area contributed by atoms with E-state index in [1.54, 1.807) is 31.6 Å². The molecule has 0 aliphatic heterocycles. The summed E-state index contributed by atoms with van der Waals surface area (Å²) in [5, 5.41) is 10.8. The van der Waals surface area contributed by atoms with Gasteiger partial charge >= 0.3 is 0 Å². The minimum Gasteiger partial charge on any atom is -0.391 e. The van der Waals surface area contributed by atoms with Gasteiger partial charge in [0.25, 0.3) is 5.91 Å². The van der Waals surface area contributed by atoms with Crippen molar-refractivity contribution < 1.29 is 14.0 Å². The molecule has 0 aliphatic carbocycles. The summed E-state index contributed by atoms with van der Waals surface area (Å²) in [5.41, 5.74) is 4.40. The zero-order valence-electron chi connectivity index (χ0n) is 18.2. The minimum absolute atomic E-state index is 0.0642. The molecular weight excluding hydrogens is 421 g/mol. The summed E-state index contributed by atoms with van der Waals surface area (Å²) >= 11 is 0. The number of aryl methyl sites for hydroxylation is 2. The lowest BCUT2D eigenvalue weighted by atomic mass is 10.0. The van der Waals surface area contributed by atoms with Crippen LogP contribution in [-0.4, -0.2) is 26.9 Å². The fourth-order valence-corrected chi connectivity index (χ4v) is 3.35. The van der Waals surface area contributed by atoms with Crippen molar-refractivity contribution in [3.63, 3.8) is 0 Å². The van der Waals surface area contributed by atoms with Gasteiger partial charge in [0.05, 0.1) is 11.9 Å². The lowest BCUT2D eigenvalue weighted by Crippen LogP contribution is -2.15. The van der Waals surface area contributed by atoms with E-state index in [0.717, 1.165) is 26.9 Å². The Hall–Kier alpha value is -4.33. The fourth-order valence-electron chi connectivity index (χ4n) is 3.35. The van der Waals surface area contributed by atoms with Crippen molar-refractivity contribution in [2.24, 2.45) is 12.2 Å². The SMILES string of the molecule is Cc1nn(C)c(F)c1C(=O)Nc1ccccc1-c1ccc(/C=N/OCc2ccncc2)cc1. The van der Waals surface area contributed by atoms with Gasteiger partial charge in [0.1, 0.15) is 12.2 Å². The number of nitrogens with zero attached hydrogens (tertiary/aromatic N) is 4. The summed E-state index contributed by atoms with van der Waals surface area (Å²) < 4.78 is 15.3. The van der Waals surface area contributed by atoms with Gasteiger partial charge in [-0.25, -0.2) is 4.68 Å². The van der Waals surface area contributed by atoms with Gasteiger partial charge in [-0.15, -0.1) is 0 Å². The molecule has 0 atom stereocenters. The standard InChI is InChI=1S/C25H22FN5O2/c1-17-23(24(26)31(2)30-17)25(32)29-22-6-4-3-5-21(22)20-9-7-18(8-10-20)15-28-33-16-19-11-13-27-14-12-19/h3-15H,16H2,1-2H3,(H,29,32)/b28-15+. The Morgan fingerprint density at radius 2 is 1.85 bits per heavy atom. The van der Waals surface area contributed by atoms with Crippen LogP contribution in [0.2, 0.25) is 0 Å². The molecule has 7 nitrogen and oxygen atoms in total. The maximum Gasteiger partial charge on any atom is 0.262 e. The first-order valence-electron chi connectivity index (χ1n) is 10.3. The first-order chi connectivity index (χ1) is 16.0. The summed E-state index contributed by atoms with van der Waals surface area (Å²) in [4.78, 5) is 22.0. The first-order valence-corrected chi connectivity index (χ1v) is 10.3. The third-order valence-electron chi connectivity index (χ3n) is 5.03. The average molecular weight is 443 g/mol. The highest BCUT2D eigenvalue weighted by atomic mass is 19.1. The molecule has 0 bridgehead atoms. The van der Waals surface area contributed by atoms with Crippen LogP contribution in [0, 0.1) is 12.9 Å². The van der Waals surface area contributed by atoms with Gasteiger partial charge in [0, 0.05) is 30.7 Å². The predicted octanol–water partition coefficient (Wildman–Crippen LogP) is 4.73. The summed E-state index contributed by atoms with van der Waals surface area (Å²) in [5.74, 6) is -1.21. The van der Waals surface area contributed by atoms with Crippen LogP contribution in [0.15, 0.2) is 78.2 Å². The van der Waals surface area contributed by atoms with Crippen molar-refractivity contribution in [2.45, 2.75) is 13.5 Å². The van der Waals surface area contributed by atoms with E-state index in [0.29, 0.717) is 18.0 Å². The second-order valence-corrected chi connectivity index (χ2v) is 7.36. The number of halogens is 1. The van der Waals surface area contributed by atoms with Crippen LogP contribution in [0.25, 0.3) is 11.1 Å². The Bertz CT molecular complexity index is 1280. The fraction of sp³-hybridized carbons (Fsp3) is 0.120. The third-order valence-corrected chi connectivity index (χ3v) is 5.03. The van der Waals surface area contributed by atoms with E-state index in [1.165, 1.54) is 7.05 Å². The highest BCUT2D eigenvalue weighted by Crippen LogP contribution is 2.28. The van der Waals surface area contributed by atoms with Crippen LogP contribution in [0.5, 0.6) is 0 Å². The Balaban J connectivity index is 1.46. The number of carbonyl (C=O) groups excluding carboxylic acids is 1. The molecule has 0 aliphatic rings. The molecule has 1 amide bonds. The Morgan fingerprint density at radius 1 is 1.12 bits per heavy atom. The second-order valence-electron chi connectivity index (χ2n) is 7.36. The molecule has 166 valence electrons. The molecular formula is C25H22FN5O2. The van der Waals surface area contributed by atoms with Crippen LogP contribution >= 0.6 is 0 Å². The number of oxime groups is 1. The van der Waals surface area contributed by atoms with E-state index in [2.05, 4.69) is 20.6 Å². The van der Waals surface area contributed by atoms with Crippen molar-refractivity contribution in [3.05, 3.63) is 101 Å². The molecule has 0 unspecified atom stereocenters. The van der Waals surface area contributed by atoms with E-state index in [9.17, 15) is 9.18 Å². The number of rotatable bonds is 7. The normalized spacial score (nSPS) is 11.0. The van der Waals surface area contributed by atoms with Crippen LogP contribution in [0.3, 0.4) is 0 Å². The summed E-state index contributed by atoms with van der Waals surface area (Å²) in [6.45, 7) is 1.96. The molecule has 2 aromatic heterocycles. The number of anilines is 1. The van der Waals surface area contributed by atoms with Gasteiger partial charge in [0.15, 0.2) is 0 Å². The van der Waals surface area contributed by atoms with Crippen molar-refractivity contribution in [3.8, 4) is 11.1 Å². The minimum atomic E-state index is -0.669. The third kappa shape index (κ3) is 5.12. The highest BCUT2D eigenvalue weighted by molar-refractivity contribution is 6.07. The van der Waals surface area contributed by atoms with E-state index >= 15 is 0 Å². The van der Waals surface area contributed by atoms with Gasteiger partial charge < -0.3 is 10.2 Å². The number of benzene rings is 2. The van der Waals surface area contributed by atoms with Gasteiger partial charge in [-0.3, -0.25) is 9.78 Å². The van der Waals surface area contributed by atoms with Gasteiger partial charge in [-0.1, -0.05) is 47.6 Å². The van der Waals surface area contributed by atoms with E-state index in [4.69, 9.17) is 4.84 Å². The largest absolute Gasteiger partial charge is 0.391 e. The highest BCUT2D eigenvalue weighted by Gasteiger charge is 2.21. The molecule has 0 fully saturated rings. The van der Waals surface area contributed by atoms with Gasteiger partial charge in [-0.2, -0.15) is 9.49 Å². The maximum absolute atomic E-state index is 14.3. The predicted molar refractivity (Wildman–Crippen MR) is 124 cm³/mol. The topological polar surface area (TPSA) is 81.4 Å². The van der Waals surface area contributed by atoms with Gasteiger partial charge in [-0.05, 0) is 41.8 Å². The monoisotopic (exact) mass is 443 g/mol. The molecule has 4 rings (SSSR count). The quantitative estimate of drug-likeness (QED) is 0.331. The van der Waals surface area contributed by atoms with Crippen LogP contribution in [0.1, 0.15) is 27.2 Å². The Morgan fingerprint density at radius 3 is 2.55 bits per heavy atom. The summed E-state index contributed by atoms with van der Waals surface area (Å²) in [7, 11) is 1.46. The van der Waals surface area contributed by atoms with Crippen molar-refractivity contribution in [2.75, 3.05) is 5.32 Å². The maximum atomic E-state index is 14.3. The number of hydrogen-bond donors (Lipinski definition) is 1. The summed E-state index contributed by atoms with van der Waals surface area (Å²) in [6, 6.07) is 18.7. The molecule has 0 radical (unpaired) electrons. The lowest BCUT2D eigenvalue weighted by Gasteiger charge is -2.11. The molecule has 2 aromatic carbocycles. The molecule has 0 saturated carbocycles. The number of carbonyl (C=O) groups is 1. The average Bonchev–Trinajstić information content (AvgIpc) is 3.09. The molecule has 0 spiro atoms. The number of amides is 1. The zero-order valence-corrected chi connectivity index (χ0v) is 18.2. The van der Waals surface area contributed by atoms with E-state index in [1.807, 2.05) is 54.6 Å². The van der Waals surface area contributed by atoms with Crippen molar-refractivity contribution >= 4 is 17.8 Å². The van der Waals surface area contributed by atoms with Crippen molar-refractivity contribution in [1.29, 1.82) is 0 Å². The van der Waals surface area contributed by atoms with E-state index < -0.39 is 11.9 Å². The first kappa shape index (κ1) is 21.9. The smallest absolute Gasteiger partial charge is 0.262 e. The van der Waals surface area contributed by atoms with E-state index in [-0.39, 0.29) is 5.56 Å². The van der Waals surface area contributed by atoms with Crippen LogP contribution in [0.4, 0.5) is 10.1 Å². The zero-order chi connectivity index (χ0) is 23.2.